The summed E-state index contributed by atoms with van der Waals surface area (Å²) < 4.78 is 12.1. The Hall–Kier alpha value is -0.593. The summed E-state index contributed by atoms with van der Waals surface area (Å²) in [6.45, 7) is 21.1. The summed E-state index contributed by atoms with van der Waals surface area (Å²) in [4.78, 5) is 12.4. The summed E-state index contributed by atoms with van der Waals surface area (Å²) in [7, 11) is -2.05. The SMILES string of the molecule is CC(C)CCCCCCCCCCC[C@@H](O[Si](C)(C)C(C)(C)C)[C@H](CO)NC(=O)OC(C)(C)C. The van der Waals surface area contributed by atoms with Gasteiger partial charge in [0.05, 0.1) is 18.8 Å². The van der Waals surface area contributed by atoms with Crippen LogP contribution in [-0.4, -0.2) is 43.9 Å². The van der Waals surface area contributed by atoms with Crippen molar-refractivity contribution >= 4 is 14.4 Å². The van der Waals surface area contributed by atoms with Gasteiger partial charge in [-0.1, -0.05) is 98.8 Å². The minimum Gasteiger partial charge on any atom is -0.444 e. The topological polar surface area (TPSA) is 67.8 Å². The highest BCUT2D eigenvalue weighted by atomic mass is 28.4. The van der Waals surface area contributed by atoms with E-state index < -0.39 is 26.1 Å². The maximum Gasteiger partial charge on any atom is 0.408 e. The van der Waals surface area contributed by atoms with Crippen LogP contribution in [0.15, 0.2) is 0 Å². The zero-order valence-electron chi connectivity index (χ0n) is 24.4. The zero-order chi connectivity index (χ0) is 26.4. The molecule has 204 valence electrons. The lowest BCUT2D eigenvalue weighted by Gasteiger charge is -2.41. The quantitative estimate of drug-likeness (QED) is 0.156. The van der Waals surface area contributed by atoms with Gasteiger partial charge in [-0.15, -0.1) is 0 Å². The van der Waals surface area contributed by atoms with Crippen LogP contribution in [0.5, 0.6) is 0 Å². The number of nitrogens with one attached hydrogen (secondary N) is 1. The first-order valence-electron chi connectivity index (χ1n) is 13.9. The standard InChI is InChI=1S/C28H59NO4Si/c1-23(2)20-18-16-14-12-11-13-15-17-19-21-25(33-34(9,10)28(6,7)8)24(22-30)29-26(31)32-27(3,4)5/h23-25,30H,11-22H2,1-10H3,(H,29,31)/t24-,25+/m0/s1. The number of unbranched alkanes of at least 4 members (excludes halogenated alkanes) is 8. The van der Waals surface area contributed by atoms with E-state index in [9.17, 15) is 9.90 Å². The molecule has 0 unspecified atom stereocenters. The van der Waals surface area contributed by atoms with Crippen LogP contribution < -0.4 is 5.32 Å². The fourth-order valence-electron chi connectivity index (χ4n) is 3.75. The second-order valence-electron chi connectivity index (χ2n) is 13.0. The molecule has 0 aliphatic carbocycles. The van der Waals surface area contributed by atoms with Gasteiger partial charge in [0.15, 0.2) is 8.32 Å². The maximum atomic E-state index is 12.4. The Labute approximate surface area is 213 Å². The van der Waals surface area contributed by atoms with Crippen molar-refractivity contribution in [3.63, 3.8) is 0 Å². The molecule has 34 heavy (non-hydrogen) atoms. The molecule has 0 radical (unpaired) electrons. The van der Waals surface area contributed by atoms with E-state index >= 15 is 0 Å². The van der Waals surface area contributed by atoms with Crippen molar-refractivity contribution in [2.24, 2.45) is 5.92 Å². The van der Waals surface area contributed by atoms with Crippen molar-refractivity contribution in [2.75, 3.05) is 6.61 Å². The summed E-state index contributed by atoms with van der Waals surface area (Å²) >= 11 is 0. The first kappa shape index (κ1) is 33.4. The smallest absolute Gasteiger partial charge is 0.408 e. The number of aliphatic hydroxyl groups excluding tert-OH is 1. The van der Waals surface area contributed by atoms with E-state index in [1.165, 1.54) is 51.4 Å². The second kappa shape index (κ2) is 16.2. The maximum absolute atomic E-state index is 12.4. The van der Waals surface area contributed by atoms with Crippen LogP contribution in [0.3, 0.4) is 0 Å². The van der Waals surface area contributed by atoms with Crippen LogP contribution in [0.2, 0.25) is 18.1 Å². The van der Waals surface area contributed by atoms with Crippen LogP contribution >= 0.6 is 0 Å². The van der Waals surface area contributed by atoms with E-state index in [1.54, 1.807) is 0 Å². The number of hydrogen-bond donors (Lipinski definition) is 2. The fraction of sp³-hybridized carbons (Fsp3) is 0.964. The monoisotopic (exact) mass is 501 g/mol. The lowest BCUT2D eigenvalue weighted by Crippen LogP contribution is -2.53. The molecule has 6 heteroatoms. The van der Waals surface area contributed by atoms with Crippen molar-refractivity contribution in [2.45, 2.75) is 162 Å². The molecule has 0 saturated carbocycles. The molecule has 0 saturated heterocycles. The van der Waals surface area contributed by atoms with Gasteiger partial charge in [0.1, 0.15) is 5.60 Å². The number of aliphatic hydroxyl groups is 1. The molecule has 0 aromatic rings. The minimum absolute atomic E-state index is 0.0618. The lowest BCUT2D eigenvalue weighted by atomic mass is 10.0. The number of carbonyl (C=O) groups excluding carboxylic acids is 1. The summed E-state index contributed by atoms with van der Waals surface area (Å²) in [5.41, 5.74) is -0.575. The Kier molecular flexibility index (Phi) is 15.9. The van der Waals surface area contributed by atoms with Gasteiger partial charge >= 0.3 is 6.09 Å². The molecule has 0 aliphatic heterocycles. The molecule has 0 spiro atoms. The van der Waals surface area contributed by atoms with E-state index in [0.717, 1.165) is 25.2 Å². The Morgan fingerprint density at radius 1 is 0.824 bits per heavy atom. The predicted molar refractivity (Wildman–Crippen MR) is 148 cm³/mol. The Morgan fingerprint density at radius 3 is 1.65 bits per heavy atom. The van der Waals surface area contributed by atoms with Crippen LogP contribution in [0.4, 0.5) is 4.79 Å². The van der Waals surface area contributed by atoms with Gasteiger partial charge in [-0.25, -0.2) is 4.79 Å². The van der Waals surface area contributed by atoms with E-state index in [0.29, 0.717) is 0 Å². The summed E-state index contributed by atoms with van der Waals surface area (Å²) in [6.07, 6.45) is 13.0. The Balaban J connectivity index is 4.65. The second-order valence-corrected chi connectivity index (χ2v) is 17.8. The van der Waals surface area contributed by atoms with Crippen LogP contribution in [0.25, 0.3) is 0 Å². The molecule has 5 nitrogen and oxygen atoms in total. The number of ether oxygens (including phenoxy) is 1. The van der Waals surface area contributed by atoms with Gasteiger partial charge < -0.3 is 19.6 Å². The molecule has 1 amide bonds. The predicted octanol–water partition coefficient (Wildman–Crippen LogP) is 8.21. The minimum atomic E-state index is -2.05. The lowest BCUT2D eigenvalue weighted by molar-refractivity contribution is 0.0354. The number of hydrogen-bond acceptors (Lipinski definition) is 4. The molecule has 0 rings (SSSR count). The summed E-state index contributed by atoms with van der Waals surface area (Å²) in [5, 5.41) is 13.0. The summed E-state index contributed by atoms with van der Waals surface area (Å²) in [6, 6.07) is -0.463. The third-order valence-electron chi connectivity index (χ3n) is 6.87. The van der Waals surface area contributed by atoms with Crippen LogP contribution in [0, 0.1) is 5.92 Å². The average Bonchev–Trinajstić information content (AvgIpc) is 2.66. The van der Waals surface area contributed by atoms with Crippen LogP contribution in [0.1, 0.15) is 126 Å². The van der Waals surface area contributed by atoms with Gasteiger partial charge in [0.2, 0.25) is 0 Å². The van der Waals surface area contributed by atoms with Gasteiger partial charge in [0.25, 0.3) is 0 Å². The first-order chi connectivity index (χ1) is 15.6. The number of amides is 1. The van der Waals surface area contributed by atoms with E-state index in [1.807, 2.05) is 20.8 Å². The molecule has 2 N–H and O–H groups in total. The van der Waals surface area contributed by atoms with Gasteiger partial charge in [-0.05, 0) is 51.2 Å². The largest absolute Gasteiger partial charge is 0.444 e. The highest BCUT2D eigenvalue weighted by Crippen LogP contribution is 2.38. The van der Waals surface area contributed by atoms with E-state index in [4.69, 9.17) is 9.16 Å². The van der Waals surface area contributed by atoms with Crippen LogP contribution in [-0.2, 0) is 9.16 Å². The zero-order valence-corrected chi connectivity index (χ0v) is 25.4. The Bertz CT molecular complexity index is 538. The highest BCUT2D eigenvalue weighted by molar-refractivity contribution is 6.74. The molecule has 0 fully saturated rings. The molecule has 0 aromatic heterocycles. The normalized spacial score (nSPS) is 14.8. The van der Waals surface area contributed by atoms with E-state index in [2.05, 4.69) is 53.0 Å². The Morgan fingerprint density at radius 2 is 1.26 bits per heavy atom. The van der Waals surface area contributed by atoms with Gasteiger partial charge in [-0.2, -0.15) is 0 Å². The molecular weight excluding hydrogens is 442 g/mol. The third kappa shape index (κ3) is 16.1. The highest BCUT2D eigenvalue weighted by Gasteiger charge is 2.41. The average molecular weight is 502 g/mol. The molecule has 2 atom stereocenters. The van der Waals surface area contributed by atoms with E-state index in [-0.39, 0.29) is 17.7 Å². The molecule has 0 bridgehead atoms. The molecule has 0 aliphatic rings. The van der Waals surface area contributed by atoms with Crippen molar-refractivity contribution in [3.05, 3.63) is 0 Å². The van der Waals surface area contributed by atoms with Crippen molar-refractivity contribution in [1.29, 1.82) is 0 Å². The van der Waals surface area contributed by atoms with Gasteiger partial charge in [-0.3, -0.25) is 0 Å². The van der Waals surface area contributed by atoms with Gasteiger partial charge in [0, 0.05) is 0 Å². The number of rotatable bonds is 17. The van der Waals surface area contributed by atoms with Crippen molar-refractivity contribution in [3.8, 4) is 0 Å². The first-order valence-corrected chi connectivity index (χ1v) is 16.8. The number of carbonyl (C=O) groups is 1. The number of alkyl carbamates (subject to hydrolysis) is 1. The summed E-state index contributed by atoms with van der Waals surface area (Å²) in [5.74, 6) is 0.828. The molecular formula is C28H59NO4Si. The molecule has 0 aromatic carbocycles. The van der Waals surface area contributed by atoms with Crippen molar-refractivity contribution < 1.29 is 19.1 Å². The third-order valence-corrected chi connectivity index (χ3v) is 11.4. The van der Waals surface area contributed by atoms with Crippen molar-refractivity contribution in [1.82, 2.24) is 5.32 Å². The molecule has 0 heterocycles. The fourth-order valence-corrected chi connectivity index (χ4v) is 5.14.